The zero-order valence-electron chi connectivity index (χ0n) is 15.2. The van der Waals surface area contributed by atoms with Crippen molar-refractivity contribution in [1.29, 1.82) is 0 Å². The van der Waals surface area contributed by atoms with Crippen molar-refractivity contribution < 1.29 is 14.3 Å². The average molecular weight is 354 g/mol. The van der Waals surface area contributed by atoms with Gasteiger partial charge < -0.3 is 20.1 Å². The van der Waals surface area contributed by atoms with Crippen LogP contribution in [-0.4, -0.2) is 31.8 Å². The lowest BCUT2D eigenvalue weighted by molar-refractivity contribution is 0.171. The molecule has 0 unspecified atom stereocenters. The predicted molar refractivity (Wildman–Crippen MR) is 102 cm³/mol. The second-order valence-corrected chi connectivity index (χ2v) is 6.55. The first-order valence-corrected chi connectivity index (χ1v) is 9.17. The summed E-state index contributed by atoms with van der Waals surface area (Å²) < 4.78 is 11.1. The summed E-state index contributed by atoms with van der Waals surface area (Å²) in [6, 6.07) is 16.2. The molecule has 0 saturated heterocycles. The van der Waals surface area contributed by atoms with E-state index in [-0.39, 0.29) is 12.1 Å². The van der Waals surface area contributed by atoms with Crippen LogP contribution in [0.2, 0.25) is 0 Å². The van der Waals surface area contributed by atoms with E-state index in [1.807, 2.05) is 43.3 Å². The lowest BCUT2D eigenvalue weighted by Gasteiger charge is -2.19. The maximum atomic E-state index is 12.0. The largest absolute Gasteiger partial charge is 0.486 e. The highest BCUT2D eigenvalue weighted by Crippen LogP contribution is 2.30. The number of carbonyl (C=O) groups excluding carboxylic acids is 1. The Hall–Kier alpha value is -2.69. The first-order valence-electron chi connectivity index (χ1n) is 9.17. The average Bonchev–Trinajstić information content (AvgIpc) is 2.67. The number of rotatable bonds is 7. The molecule has 2 N–H and O–H groups in total. The highest BCUT2D eigenvalue weighted by molar-refractivity contribution is 5.74. The predicted octanol–water partition coefficient (Wildman–Crippen LogP) is 3.32. The molecular weight excluding hydrogens is 328 g/mol. The van der Waals surface area contributed by atoms with Gasteiger partial charge in [0.05, 0.1) is 0 Å². The minimum atomic E-state index is -0.122. The molecule has 0 aliphatic carbocycles. The van der Waals surface area contributed by atoms with Crippen LogP contribution in [0.15, 0.2) is 48.5 Å². The number of urea groups is 1. The molecule has 0 saturated carbocycles. The normalized spacial score (nSPS) is 13.7. The molecule has 0 fully saturated rings. The van der Waals surface area contributed by atoms with Gasteiger partial charge in [0.25, 0.3) is 0 Å². The maximum absolute atomic E-state index is 12.0. The standard InChI is InChI=1S/C21H26N2O3/c1-16(7-8-17-5-3-2-4-6-17)23-21(24)22-12-11-18-9-10-19-20(15-18)26-14-13-25-19/h2-6,9-10,15-16H,7-8,11-14H2,1H3,(H2,22,23,24)/t16-/m0/s1. The Morgan fingerprint density at radius 2 is 1.77 bits per heavy atom. The third-order valence-electron chi connectivity index (χ3n) is 4.39. The lowest BCUT2D eigenvalue weighted by atomic mass is 10.1. The van der Waals surface area contributed by atoms with Gasteiger partial charge >= 0.3 is 6.03 Å². The number of aryl methyl sites for hydroxylation is 1. The molecule has 5 heteroatoms. The third-order valence-corrected chi connectivity index (χ3v) is 4.39. The van der Waals surface area contributed by atoms with Gasteiger partial charge in [-0.15, -0.1) is 0 Å². The minimum Gasteiger partial charge on any atom is -0.486 e. The van der Waals surface area contributed by atoms with Gasteiger partial charge in [-0.1, -0.05) is 36.4 Å². The number of hydrogen-bond acceptors (Lipinski definition) is 3. The van der Waals surface area contributed by atoms with Crippen molar-refractivity contribution in [1.82, 2.24) is 10.6 Å². The molecule has 0 bridgehead atoms. The summed E-state index contributed by atoms with van der Waals surface area (Å²) in [6.45, 7) is 3.79. The minimum absolute atomic E-state index is 0.122. The molecule has 5 nitrogen and oxygen atoms in total. The highest BCUT2D eigenvalue weighted by Gasteiger charge is 2.12. The van der Waals surface area contributed by atoms with Crippen LogP contribution < -0.4 is 20.1 Å². The van der Waals surface area contributed by atoms with E-state index in [0.717, 1.165) is 36.3 Å². The Kier molecular flexibility index (Phi) is 6.36. The van der Waals surface area contributed by atoms with E-state index in [1.54, 1.807) is 0 Å². The van der Waals surface area contributed by atoms with Gasteiger partial charge in [-0.2, -0.15) is 0 Å². The van der Waals surface area contributed by atoms with Crippen LogP contribution in [0.3, 0.4) is 0 Å². The Morgan fingerprint density at radius 3 is 2.58 bits per heavy atom. The van der Waals surface area contributed by atoms with E-state index in [1.165, 1.54) is 5.56 Å². The fraction of sp³-hybridized carbons (Fsp3) is 0.381. The Morgan fingerprint density at radius 1 is 1.00 bits per heavy atom. The molecule has 1 heterocycles. The summed E-state index contributed by atoms with van der Waals surface area (Å²) in [5.41, 5.74) is 2.41. The summed E-state index contributed by atoms with van der Waals surface area (Å²) in [7, 11) is 0. The monoisotopic (exact) mass is 354 g/mol. The van der Waals surface area contributed by atoms with Gasteiger partial charge in [0.1, 0.15) is 13.2 Å². The molecule has 2 aromatic rings. The Labute approximate surface area is 154 Å². The lowest BCUT2D eigenvalue weighted by Crippen LogP contribution is -2.41. The fourth-order valence-electron chi connectivity index (χ4n) is 2.94. The van der Waals surface area contributed by atoms with E-state index in [4.69, 9.17) is 9.47 Å². The van der Waals surface area contributed by atoms with Crippen LogP contribution >= 0.6 is 0 Å². The Balaban J connectivity index is 1.36. The number of nitrogens with one attached hydrogen (secondary N) is 2. The molecule has 138 valence electrons. The quantitative estimate of drug-likeness (QED) is 0.802. The zero-order chi connectivity index (χ0) is 18.2. The highest BCUT2D eigenvalue weighted by atomic mass is 16.6. The number of carbonyl (C=O) groups is 1. The van der Waals surface area contributed by atoms with Crippen molar-refractivity contribution in [2.75, 3.05) is 19.8 Å². The molecule has 2 aromatic carbocycles. The van der Waals surface area contributed by atoms with E-state index >= 15 is 0 Å². The second kappa shape index (κ2) is 9.13. The molecule has 0 radical (unpaired) electrons. The van der Waals surface area contributed by atoms with E-state index < -0.39 is 0 Å². The molecule has 1 atom stereocenters. The number of fused-ring (bicyclic) bond motifs is 1. The van der Waals surface area contributed by atoms with Crippen LogP contribution in [0, 0.1) is 0 Å². The molecule has 3 rings (SSSR count). The Bertz CT molecular complexity index is 718. The van der Waals surface area contributed by atoms with Gasteiger partial charge in [-0.05, 0) is 49.4 Å². The van der Waals surface area contributed by atoms with Gasteiger partial charge in [0.2, 0.25) is 0 Å². The number of amides is 2. The molecule has 26 heavy (non-hydrogen) atoms. The van der Waals surface area contributed by atoms with E-state index in [9.17, 15) is 4.79 Å². The summed E-state index contributed by atoms with van der Waals surface area (Å²) >= 11 is 0. The van der Waals surface area contributed by atoms with Gasteiger partial charge in [-0.3, -0.25) is 0 Å². The topological polar surface area (TPSA) is 59.6 Å². The van der Waals surface area contributed by atoms with E-state index in [0.29, 0.717) is 19.8 Å². The third kappa shape index (κ3) is 5.41. The number of hydrogen-bond donors (Lipinski definition) is 2. The van der Waals surface area contributed by atoms with Crippen LogP contribution in [0.1, 0.15) is 24.5 Å². The molecule has 1 aliphatic heterocycles. The molecule has 1 aliphatic rings. The van der Waals surface area contributed by atoms with Crippen LogP contribution in [0.4, 0.5) is 4.79 Å². The van der Waals surface area contributed by atoms with E-state index in [2.05, 4.69) is 22.8 Å². The van der Waals surface area contributed by atoms with Crippen molar-refractivity contribution in [3.8, 4) is 11.5 Å². The maximum Gasteiger partial charge on any atom is 0.315 e. The van der Waals surface area contributed by atoms with Crippen molar-refractivity contribution >= 4 is 6.03 Å². The summed E-state index contributed by atoms with van der Waals surface area (Å²) in [5, 5.41) is 5.91. The van der Waals surface area contributed by atoms with Crippen LogP contribution in [0.25, 0.3) is 0 Å². The number of ether oxygens (including phenoxy) is 2. The smallest absolute Gasteiger partial charge is 0.315 e. The van der Waals surface area contributed by atoms with Crippen LogP contribution in [-0.2, 0) is 12.8 Å². The molecule has 2 amide bonds. The molecular formula is C21H26N2O3. The second-order valence-electron chi connectivity index (χ2n) is 6.55. The van der Waals surface area contributed by atoms with Gasteiger partial charge in [-0.25, -0.2) is 4.79 Å². The van der Waals surface area contributed by atoms with Gasteiger partial charge in [0.15, 0.2) is 11.5 Å². The first kappa shape index (κ1) is 18.1. The van der Waals surface area contributed by atoms with Crippen molar-refractivity contribution in [3.63, 3.8) is 0 Å². The molecule has 0 aromatic heterocycles. The summed E-state index contributed by atoms with van der Waals surface area (Å²) in [6.07, 6.45) is 2.63. The van der Waals surface area contributed by atoms with Crippen molar-refractivity contribution in [2.45, 2.75) is 32.2 Å². The SMILES string of the molecule is C[C@@H](CCc1ccccc1)NC(=O)NCCc1ccc2c(c1)OCCO2. The number of benzene rings is 2. The van der Waals surface area contributed by atoms with Crippen molar-refractivity contribution in [3.05, 3.63) is 59.7 Å². The fourth-order valence-corrected chi connectivity index (χ4v) is 2.94. The van der Waals surface area contributed by atoms with Crippen molar-refractivity contribution in [2.24, 2.45) is 0 Å². The summed E-state index contributed by atoms with van der Waals surface area (Å²) in [5.74, 6) is 1.57. The first-order chi connectivity index (χ1) is 12.7. The van der Waals surface area contributed by atoms with Gasteiger partial charge in [0, 0.05) is 12.6 Å². The van der Waals surface area contributed by atoms with Crippen LogP contribution in [0.5, 0.6) is 11.5 Å². The summed E-state index contributed by atoms with van der Waals surface area (Å²) in [4.78, 5) is 12.0. The molecule has 0 spiro atoms. The zero-order valence-corrected chi connectivity index (χ0v) is 15.2.